The fourth-order valence-corrected chi connectivity index (χ4v) is 3.98. The molecule has 28 heavy (non-hydrogen) atoms. The van der Waals surface area contributed by atoms with Crippen LogP contribution in [0.15, 0.2) is 35.7 Å². The molecule has 0 radical (unpaired) electrons. The number of rotatable bonds is 5. The van der Waals surface area contributed by atoms with Crippen LogP contribution in [0, 0.1) is 0 Å². The zero-order chi connectivity index (χ0) is 20.4. The van der Waals surface area contributed by atoms with Crippen molar-refractivity contribution in [3.63, 3.8) is 0 Å². The van der Waals surface area contributed by atoms with Crippen LogP contribution in [0.1, 0.15) is 16.1 Å². The number of nitrogens with one attached hydrogen (secondary N) is 1. The van der Waals surface area contributed by atoms with Gasteiger partial charge in [-0.15, -0.1) is 11.3 Å². The summed E-state index contributed by atoms with van der Waals surface area (Å²) in [4.78, 5) is 27.4. The maximum absolute atomic E-state index is 12.3. The zero-order valence-corrected chi connectivity index (χ0v) is 16.3. The lowest BCUT2D eigenvalue weighted by molar-refractivity contribution is -0.115. The summed E-state index contributed by atoms with van der Waals surface area (Å²) in [5, 5.41) is 32.9. The van der Waals surface area contributed by atoms with Crippen molar-refractivity contribution in [2.75, 3.05) is 5.32 Å². The number of aromatic hydroxyl groups is 2. The number of anilines is 1. The number of aromatic carboxylic acids is 1. The fraction of sp³-hybridized carbons (Fsp3) is 0.0556. The first-order chi connectivity index (χ1) is 13.3. The Kier molecular flexibility index (Phi) is 5.73. The summed E-state index contributed by atoms with van der Waals surface area (Å²) < 4.78 is 0. The molecule has 4 N–H and O–H groups in total. The van der Waals surface area contributed by atoms with Gasteiger partial charge in [-0.05, 0) is 30.3 Å². The Morgan fingerprint density at radius 3 is 2.57 bits per heavy atom. The Morgan fingerprint density at radius 2 is 1.89 bits per heavy atom. The Hall–Kier alpha value is -2.81. The minimum Gasteiger partial charge on any atom is -0.508 e. The number of carboxylic acid groups (broad SMARTS) is 1. The largest absolute Gasteiger partial charge is 0.508 e. The van der Waals surface area contributed by atoms with E-state index in [1.54, 1.807) is 0 Å². The molecule has 0 fully saturated rings. The molecule has 1 amide bonds. The third-order valence-corrected chi connectivity index (χ3v) is 5.28. The van der Waals surface area contributed by atoms with Crippen LogP contribution >= 0.6 is 34.5 Å². The summed E-state index contributed by atoms with van der Waals surface area (Å²) in [6, 6.07) is 6.88. The van der Waals surface area contributed by atoms with E-state index in [2.05, 4.69) is 10.3 Å². The number of benzene rings is 2. The van der Waals surface area contributed by atoms with Gasteiger partial charge in [0.2, 0.25) is 5.91 Å². The van der Waals surface area contributed by atoms with E-state index in [0.717, 1.165) is 11.3 Å². The lowest BCUT2D eigenvalue weighted by atomic mass is 10.1. The molecule has 0 aliphatic carbocycles. The highest BCUT2D eigenvalue weighted by Gasteiger charge is 2.19. The third kappa shape index (κ3) is 4.19. The summed E-state index contributed by atoms with van der Waals surface area (Å²) in [5.74, 6) is -1.86. The van der Waals surface area contributed by atoms with Crippen molar-refractivity contribution in [1.82, 2.24) is 4.98 Å². The number of phenols is 2. The van der Waals surface area contributed by atoms with Crippen LogP contribution in [-0.4, -0.2) is 32.2 Å². The molecule has 144 valence electrons. The number of aromatic nitrogens is 1. The number of carboxylic acids is 1. The second-order valence-electron chi connectivity index (χ2n) is 5.66. The van der Waals surface area contributed by atoms with E-state index >= 15 is 0 Å². The van der Waals surface area contributed by atoms with Crippen molar-refractivity contribution in [3.8, 4) is 22.1 Å². The number of hydrogen-bond acceptors (Lipinski definition) is 6. The van der Waals surface area contributed by atoms with Crippen molar-refractivity contribution in [3.05, 3.63) is 57.0 Å². The van der Waals surface area contributed by atoms with E-state index in [1.807, 2.05) is 0 Å². The summed E-state index contributed by atoms with van der Waals surface area (Å²) in [6.45, 7) is 0. The smallest absolute Gasteiger partial charge is 0.355 e. The van der Waals surface area contributed by atoms with Gasteiger partial charge >= 0.3 is 5.97 Å². The first kappa shape index (κ1) is 19.9. The maximum Gasteiger partial charge on any atom is 0.355 e. The summed E-state index contributed by atoms with van der Waals surface area (Å²) >= 11 is 13.6. The zero-order valence-electron chi connectivity index (χ0n) is 13.9. The van der Waals surface area contributed by atoms with Crippen molar-refractivity contribution in [2.24, 2.45) is 0 Å². The molecular weight excluding hydrogens is 427 g/mol. The molecule has 2 aromatic carbocycles. The molecule has 10 heteroatoms. The predicted molar refractivity (Wildman–Crippen MR) is 107 cm³/mol. The van der Waals surface area contributed by atoms with Crippen molar-refractivity contribution >= 4 is 52.1 Å². The number of hydrogen-bond donors (Lipinski definition) is 4. The van der Waals surface area contributed by atoms with E-state index in [-0.39, 0.29) is 44.9 Å². The maximum atomic E-state index is 12.3. The van der Waals surface area contributed by atoms with Gasteiger partial charge in [-0.25, -0.2) is 9.78 Å². The first-order valence-corrected chi connectivity index (χ1v) is 9.37. The highest BCUT2D eigenvalue weighted by molar-refractivity contribution is 7.13. The van der Waals surface area contributed by atoms with E-state index < -0.39 is 11.9 Å². The summed E-state index contributed by atoms with van der Waals surface area (Å²) in [6.07, 6.45) is -0.199. The molecule has 3 rings (SSSR count). The standard InChI is InChI=1S/C18H12Cl2N2O5S/c19-10-2-3-11(16(20)15(10)17-22-12(7-28-17)18(26)27)21-14(25)6-8-5-9(23)1-4-13(8)24/h1-5,7,23-24H,6H2,(H,21,25)(H,26,27). The molecule has 0 aliphatic heterocycles. The van der Waals surface area contributed by atoms with Crippen molar-refractivity contribution in [2.45, 2.75) is 6.42 Å². The van der Waals surface area contributed by atoms with Crippen LogP contribution in [0.3, 0.4) is 0 Å². The van der Waals surface area contributed by atoms with Gasteiger partial charge in [0.1, 0.15) is 16.5 Å². The van der Waals surface area contributed by atoms with Crippen LogP contribution < -0.4 is 5.32 Å². The molecule has 0 bridgehead atoms. The van der Waals surface area contributed by atoms with Gasteiger partial charge < -0.3 is 20.6 Å². The Bertz CT molecular complexity index is 1080. The predicted octanol–water partition coefficient (Wildman–Crippen LogP) is 4.41. The van der Waals surface area contributed by atoms with Crippen molar-refractivity contribution in [1.29, 1.82) is 0 Å². The molecule has 1 aromatic heterocycles. The molecule has 0 unspecified atom stereocenters. The summed E-state index contributed by atoms with van der Waals surface area (Å²) in [7, 11) is 0. The second-order valence-corrected chi connectivity index (χ2v) is 7.31. The average molecular weight is 439 g/mol. The Balaban J connectivity index is 1.87. The van der Waals surface area contributed by atoms with Gasteiger partial charge in [0.25, 0.3) is 0 Å². The molecule has 0 saturated carbocycles. The van der Waals surface area contributed by atoms with Gasteiger partial charge in [0.05, 0.1) is 22.2 Å². The Labute approximate surface area is 172 Å². The number of amides is 1. The average Bonchev–Trinajstić information content (AvgIpc) is 3.11. The van der Waals surface area contributed by atoms with Crippen LogP contribution in [0.2, 0.25) is 10.0 Å². The van der Waals surface area contributed by atoms with Crippen LogP contribution in [0.25, 0.3) is 10.6 Å². The lowest BCUT2D eigenvalue weighted by Crippen LogP contribution is -2.15. The van der Waals surface area contributed by atoms with E-state index in [4.69, 9.17) is 28.3 Å². The Morgan fingerprint density at radius 1 is 1.14 bits per heavy atom. The van der Waals surface area contributed by atoms with Crippen LogP contribution in [-0.2, 0) is 11.2 Å². The monoisotopic (exact) mass is 438 g/mol. The number of nitrogens with zero attached hydrogens (tertiary/aromatic N) is 1. The van der Waals surface area contributed by atoms with Crippen LogP contribution in [0.5, 0.6) is 11.5 Å². The number of carbonyl (C=O) groups excluding carboxylic acids is 1. The highest BCUT2D eigenvalue weighted by atomic mass is 35.5. The minimum absolute atomic E-state index is 0.0783. The van der Waals surface area contributed by atoms with Gasteiger partial charge in [-0.1, -0.05) is 23.2 Å². The van der Waals surface area contributed by atoms with E-state index in [0.29, 0.717) is 10.6 Å². The van der Waals surface area contributed by atoms with Crippen LogP contribution in [0.4, 0.5) is 5.69 Å². The molecule has 7 nitrogen and oxygen atoms in total. The van der Waals surface area contributed by atoms with Gasteiger partial charge in [-0.2, -0.15) is 0 Å². The number of thiazole rings is 1. The quantitative estimate of drug-likeness (QED) is 0.438. The molecular formula is C18H12Cl2N2O5S. The highest BCUT2D eigenvalue weighted by Crippen LogP contribution is 2.40. The van der Waals surface area contributed by atoms with Gasteiger partial charge in [0, 0.05) is 16.5 Å². The van der Waals surface area contributed by atoms with Crippen molar-refractivity contribution < 1.29 is 24.9 Å². The number of halogens is 2. The fourth-order valence-electron chi connectivity index (χ4n) is 2.41. The molecule has 0 atom stereocenters. The number of phenolic OH excluding ortho intramolecular Hbond substituents is 2. The molecule has 0 aliphatic rings. The molecule has 3 aromatic rings. The van der Waals surface area contributed by atoms with Gasteiger partial charge in [-0.3, -0.25) is 4.79 Å². The molecule has 0 spiro atoms. The molecule has 1 heterocycles. The SMILES string of the molecule is O=C(Cc1cc(O)ccc1O)Nc1ccc(Cl)c(-c2nc(C(=O)O)cs2)c1Cl. The topological polar surface area (TPSA) is 120 Å². The van der Waals surface area contributed by atoms with E-state index in [1.165, 1.54) is 35.7 Å². The van der Waals surface area contributed by atoms with Gasteiger partial charge in [0.15, 0.2) is 5.69 Å². The molecule has 0 saturated heterocycles. The lowest BCUT2D eigenvalue weighted by Gasteiger charge is -2.12. The first-order valence-electron chi connectivity index (χ1n) is 7.74. The third-order valence-electron chi connectivity index (χ3n) is 3.72. The minimum atomic E-state index is -1.18. The number of carbonyl (C=O) groups is 2. The second kappa shape index (κ2) is 8.05. The summed E-state index contributed by atoms with van der Waals surface area (Å²) in [5.41, 5.74) is 0.659. The van der Waals surface area contributed by atoms with E-state index in [9.17, 15) is 19.8 Å². The normalized spacial score (nSPS) is 10.6.